The van der Waals surface area contributed by atoms with E-state index in [2.05, 4.69) is 15.5 Å². The van der Waals surface area contributed by atoms with Crippen LogP contribution in [0.25, 0.3) is 0 Å². The second-order valence-electron chi connectivity index (χ2n) is 5.03. The van der Waals surface area contributed by atoms with E-state index in [4.69, 9.17) is 0 Å². The lowest BCUT2D eigenvalue weighted by Gasteiger charge is -1.98. The van der Waals surface area contributed by atoms with Gasteiger partial charge in [0.2, 0.25) is 5.13 Å². The van der Waals surface area contributed by atoms with Gasteiger partial charge in [-0.3, -0.25) is 20.2 Å². The van der Waals surface area contributed by atoms with Gasteiger partial charge in [-0.05, 0) is 29.5 Å². The van der Waals surface area contributed by atoms with Crippen molar-refractivity contribution < 1.29 is 9.72 Å². The van der Waals surface area contributed by atoms with Crippen LogP contribution in [0.1, 0.15) is 20.8 Å². The molecule has 1 N–H and O–H groups in total. The zero-order valence-corrected chi connectivity index (χ0v) is 15.4. The number of thioether (sulfide) groups is 1. The van der Waals surface area contributed by atoms with Crippen LogP contribution < -0.4 is 5.32 Å². The smallest absolute Gasteiger partial charge is 0.269 e. The minimum atomic E-state index is -0.425. The number of anilines is 1. The highest BCUT2D eigenvalue weighted by Gasteiger charge is 2.12. The quantitative estimate of drug-likeness (QED) is 0.290. The van der Waals surface area contributed by atoms with Crippen LogP contribution in [-0.2, 0) is 5.75 Å². The average Bonchev–Trinajstić information content (AvgIpc) is 3.22. The maximum absolute atomic E-state index is 12.1. The molecule has 0 fully saturated rings. The van der Waals surface area contributed by atoms with Gasteiger partial charge in [0.05, 0.1) is 9.80 Å². The minimum Gasteiger partial charge on any atom is -0.296 e. The number of amides is 1. The summed E-state index contributed by atoms with van der Waals surface area (Å²) in [6.45, 7) is 1.94. The maximum atomic E-state index is 12.1. The predicted molar refractivity (Wildman–Crippen MR) is 99.6 cm³/mol. The Morgan fingerprint density at radius 1 is 1.32 bits per heavy atom. The van der Waals surface area contributed by atoms with Crippen LogP contribution in [0.4, 0.5) is 10.8 Å². The molecule has 0 saturated carbocycles. The van der Waals surface area contributed by atoms with Crippen LogP contribution in [0.3, 0.4) is 0 Å². The zero-order valence-electron chi connectivity index (χ0n) is 13.0. The number of thiophene rings is 1. The third-order valence-electron chi connectivity index (χ3n) is 3.09. The fraction of sp³-hybridized carbons (Fsp3) is 0.133. The summed E-state index contributed by atoms with van der Waals surface area (Å²) in [6.07, 6.45) is 0. The number of non-ortho nitro benzene ring substituents is 1. The molecule has 128 valence electrons. The number of aromatic nitrogens is 2. The number of carbonyl (C=O) groups is 1. The van der Waals surface area contributed by atoms with E-state index in [0.717, 1.165) is 15.5 Å². The van der Waals surface area contributed by atoms with Crippen LogP contribution in [0, 0.1) is 17.0 Å². The molecule has 7 nitrogen and oxygen atoms in total. The van der Waals surface area contributed by atoms with Crippen molar-refractivity contribution in [3.8, 4) is 0 Å². The molecule has 0 radical (unpaired) electrons. The van der Waals surface area contributed by atoms with Gasteiger partial charge in [0.25, 0.3) is 11.6 Å². The Balaban J connectivity index is 1.56. The number of benzene rings is 1. The Labute approximate surface area is 155 Å². The average molecular weight is 392 g/mol. The Kier molecular flexibility index (Phi) is 5.41. The first kappa shape index (κ1) is 17.5. The summed E-state index contributed by atoms with van der Waals surface area (Å²) in [4.78, 5) is 22.9. The summed E-state index contributed by atoms with van der Waals surface area (Å²) in [5.74, 6) is 0.422. The summed E-state index contributed by atoms with van der Waals surface area (Å²) in [5, 5.41) is 23.7. The first-order chi connectivity index (χ1) is 12.0. The molecule has 2 heterocycles. The molecule has 3 aromatic rings. The molecule has 0 unspecified atom stereocenters. The molecule has 0 aliphatic heterocycles. The normalized spacial score (nSPS) is 10.6. The third kappa shape index (κ3) is 4.62. The Morgan fingerprint density at radius 2 is 2.08 bits per heavy atom. The topological polar surface area (TPSA) is 98.0 Å². The van der Waals surface area contributed by atoms with Crippen molar-refractivity contribution in [3.63, 3.8) is 0 Å². The van der Waals surface area contributed by atoms with Crippen molar-refractivity contribution in [2.75, 3.05) is 5.32 Å². The number of nitro groups is 1. The Hall–Kier alpha value is -2.30. The van der Waals surface area contributed by atoms with Gasteiger partial charge in [0.1, 0.15) is 0 Å². The predicted octanol–water partition coefficient (Wildman–Crippen LogP) is 4.36. The van der Waals surface area contributed by atoms with Gasteiger partial charge in [-0.1, -0.05) is 35.2 Å². The summed E-state index contributed by atoms with van der Waals surface area (Å²) in [5.41, 5.74) is 2.07. The minimum absolute atomic E-state index is 0.0680. The van der Waals surface area contributed by atoms with Crippen LogP contribution >= 0.6 is 34.4 Å². The van der Waals surface area contributed by atoms with Gasteiger partial charge >= 0.3 is 0 Å². The number of aryl methyl sites for hydroxylation is 1. The van der Waals surface area contributed by atoms with E-state index in [1.165, 1.54) is 46.6 Å². The van der Waals surface area contributed by atoms with Crippen molar-refractivity contribution in [3.05, 3.63) is 61.8 Å². The second-order valence-corrected chi connectivity index (χ2v) is 8.14. The van der Waals surface area contributed by atoms with Crippen LogP contribution in [0.5, 0.6) is 0 Å². The monoisotopic (exact) mass is 392 g/mol. The number of carbonyl (C=O) groups excluding carboxylic acids is 1. The molecule has 1 aromatic carbocycles. The van der Waals surface area contributed by atoms with Crippen molar-refractivity contribution >= 4 is 51.2 Å². The fourth-order valence-electron chi connectivity index (χ4n) is 1.89. The van der Waals surface area contributed by atoms with E-state index in [1.54, 1.807) is 12.1 Å². The maximum Gasteiger partial charge on any atom is 0.269 e. The van der Waals surface area contributed by atoms with Crippen molar-refractivity contribution in [1.29, 1.82) is 0 Å². The first-order valence-electron chi connectivity index (χ1n) is 7.07. The Morgan fingerprint density at radius 3 is 2.72 bits per heavy atom. The van der Waals surface area contributed by atoms with Crippen molar-refractivity contribution in [2.45, 2.75) is 17.0 Å². The summed E-state index contributed by atoms with van der Waals surface area (Å²) >= 11 is 4.14. The van der Waals surface area contributed by atoms with Gasteiger partial charge < -0.3 is 0 Å². The van der Waals surface area contributed by atoms with Crippen molar-refractivity contribution in [1.82, 2.24) is 10.2 Å². The molecule has 1 amide bonds. The van der Waals surface area contributed by atoms with Gasteiger partial charge in [0.15, 0.2) is 4.34 Å². The van der Waals surface area contributed by atoms with E-state index >= 15 is 0 Å². The molecule has 0 atom stereocenters. The molecule has 0 saturated heterocycles. The van der Waals surface area contributed by atoms with Crippen LogP contribution in [-0.4, -0.2) is 21.0 Å². The molecule has 0 bridgehead atoms. The van der Waals surface area contributed by atoms with Gasteiger partial charge in [-0.2, -0.15) is 0 Å². The molecular weight excluding hydrogens is 380 g/mol. The van der Waals surface area contributed by atoms with E-state index in [9.17, 15) is 14.9 Å². The SMILES string of the molecule is Cc1csc(C(=O)Nc2nnc(SCc3ccc([N+](=O)[O-])cc3)s2)c1. The number of nitrogens with one attached hydrogen (secondary N) is 1. The zero-order chi connectivity index (χ0) is 17.8. The number of hydrogen-bond donors (Lipinski definition) is 1. The fourth-order valence-corrected chi connectivity index (χ4v) is 4.38. The second kappa shape index (κ2) is 7.72. The molecule has 3 rings (SSSR count). The third-order valence-corrected chi connectivity index (χ3v) is 6.18. The highest BCUT2D eigenvalue weighted by atomic mass is 32.2. The largest absolute Gasteiger partial charge is 0.296 e. The highest BCUT2D eigenvalue weighted by molar-refractivity contribution is 8.00. The number of nitro benzene ring substituents is 1. The lowest BCUT2D eigenvalue weighted by molar-refractivity contribution is -0.384. The van der Waals surface area contributed by atoms with Gasteiger partial charge in [0, 0.05) is 17.9 Å². The van der Waals surface area contributed by atoms with E-state index in [-0.39, 0.29) is 11.6 Å². The molecule has 10 heteroatoms. The van der Waals surface area contributed by atoms with Gasteiger partial charge in [-0.15, -0.1) is 21.5 Å². The van der Waals surface area contributed by atoms with Gasteiger partial charge in [-0.25, -0.2) is 0 Å². The van der Waals surface area contributed by atoms with Crippen molar-refractivity contribution in [2.24, 2.45) is 0 Å². The number of rotatable bonds is 6. The molecule has 0 aliphatic rings. The van der Waals surface area contributed by atoms with E-state index in [1.807, 2.05) is 18.4 Å². The molecular formula is C15H12N4O3S3. The number of nitrogens with zero attached hydrogens (tertiary/aromatic N) is 3. The molecule has 2 aromatic heterocycles. The standard InChI is InChI=1S/C15H12N4O3S3/c1-9-6-12(23-7-9)13(20)16-14-17-18-15(25-14)24-8-10-2-4-11(5-3-10)19(21)22/h2-7H,8H2,1H3,(H,16,17,20). The number of hydrogen-bond acceptors (Lipinski definition) is 8. The van der Waals surface area contributed by atoms with Crippen LogP contribution in [0.2, 0.25) is 0 Å². The van der Waals surface area contributed by atoms with E-state index < -0.39 is 4.92 Å². The van der Waals surface area contributed by atoms with E-state index in [0.29, 0.717) is 15.8 Å². The Bertz CT molecular complexity index is 905. The highest BCUT2D eigenvalue weighted by Crippen LogP contribution is 2.29. The summed E-state index contributed by atoms with van der Waals surface area (Å²) in [7, 11) is 0. The van der Waals surface area contributed by atoms with Crippen LogP contribution in [0.15, 0.2) is 40.1 Å². The molecule has 0 spiro atoms. The lowest BCUT2D eigenvalue weighted by atomic mass is 10.2. The lowest BCUT2D eigenvalue weighted by Crippen LogP contribution is -2.09. The summed E-state index contributed by atoms with van der Waals surface area (Å²) < 4.78 is 0.719. The molecule has 0 aliphatic carbocycles. The molecule has 25 heavy (non-hydrogen) atoms. The summed E-state index contributed by atoms with van der Waals surface area (Å²) in [6, 6.07) is 8.21. The first-order valence-corrected chi connectivity index (χ1v) is 9.75.